The summed E-state index contributed by atoms with van der Waals surface area (Å²) in [6, 6.07) is 0. The second kappa shape index (κ2) is 5.00. The van der Waals surface area contributed by atoms with Crippen molar-refractivity contribution >= 4 is 0 Å². The summed E-state index contributed by atoms with van der Waals surface area (Å²) in [4.78, 5) is 0. The van der Waals surface area contributed by atoms with Gasteiger partial charge in [-0.25, -0.2) is 0 Å². The van der Waals surface area contributed by atoms with Crippen LogP contribution in [-0.4, -0.2) is 27.9 Å². The van der Waals surface area contributed by atoms with E-state index in [1.165, 1.54) is 50.2 Å². The third kappa shape index (κ3) is 1.96. The van der Waals surface area contributed by atoms with Gasteiger partial charge in [0.25, 0.3) is 0 Å². The highest BCUT2D eigenvalue weighted by atomic mass is 15.3. The third-order valence-corrected chi connectivity index (χ3v) is 4.53. The minimum Gasteiger partial charge on any atom is -0.316 e. The predicted molar refractivity (Wildman–Crippen MR) is 71.6 cm³/mol. The molecule has 4 nitrogen and oxygen atoms in total. The van der Waals surface area contributed by atoms with Gasteiger partial charge in [-0.3, -0.25) is 0 Å². The minimum absolute atomic E-state index is 0.246. The largest absolute Gasteiger partial charge is 0.316 e. The first-order valence-electron chi connectivity index (χ1n) is 7.49. The van der Waals surface area contributed by atoms with E-state index >= 15 is 0 Å². The quantitative estimate of drug-likeness (QED) is 0.890. The Balaban J connectivity index is 1.96. The Bertz CT molecular complexity index is 398. The van der Waals surface area contributed by atoms with Crippen molar-refractivity contribution in [1.29, 1.82) is 0 Å². The smallest absolute Gasteiger partial charge is 0.140 e. The molecule has 1 atom stereocenters. The number of aryl methyl sites for hydroxylation is 1. The van der Waals surface area contributed by atoms with Crippen LogP contribution in [0.2, 0.25) is 0 Å². The number of rotatable bonds is 3. The summed E-state index contributed by atoms with van der Waals surface area (Å²) < 4.78 is 2.42. The van der Waals surface area contributed by atoms with Crippen molar-refractivity contribution in [3.8, 4) is 0 Å². The molecule has 0 amide bonds. The summed E-state index contributed by atoms with van der Waals surface area (Å²) in [5.74, 6) is 2.49. The van der Waals surface area contributed by atoms with Crippen LogP contribution in [0.3, 0.4) is 0 Å². The molecular weight excluding hydrogens is 224 g/mol. The fourth-order valence-corrected chi connectivity index (χ4v) is 3.66. The molecule has 100 valence electrons. The van der Waals surface area contributed by atoms with Crippen LogP contribution in [-0.2, 0) is 18.4 Å². The molecule has 2 aliphatic heterocycles. The van der Waals surface area contributed by atoms with Gasteiger partial charge in [0.2, 0.25) is 0 Å². The number of hydrogen-bond donors (Lipinski definition) is 1. The summed E-state index contributed by atoms with van der Waals surface area (Å²) in [5, 5.41) is 12.6. The lowest BCUT2D eigenvalue weighted by Crippen LogP contribution is -2.45. The molecule has 0 saturated carbocycles. The van der Waals surface area contributed by atoms with E-state index in [-0.39, 0.29) is 5.41 Å². The van der Waals surface area contributed by atoms with Crippen LogP contribution in [0, 0.1) is 0 Å². The molecule has 1 unspecified atom stereocenters. The first-order valence-corrected chi connectivity index (χ1v) is 7.49. The van der Waals surface area contributed by atoms with E-state index in [9.17, 15) is 0 Å². The molecule has 3 rings (SSSR count). The third-order valence-electron chi connectivity index (χ3n) is 4.53. The average Bonchev–Trinajstić information content (AvgIpc) is 2.84. The van der Waals surface area contributed by atoms with E-state index in [1.807, 2.05) is 0 Å². The first kappa shape index (κ1) is 12.2. The van der Waals surface area contributed by atoms with Crippen LogP contribution in [0.5, 0.6) is 0 Å². The number of nitrogens with one attached hydrogen (secondary N) is 1. The molecule has 1 fully saturated rings. The van der Waals surface area contributed by atoms with Gasteiger partial charge in [-0.1, -0.05) is 13.3 Å². The maximum atomic E-state index is 4.59. The van der Waals surface area contributed by atoms with Crippen LogP contribution >= 0.6 is 0 Å². The van der Waals surface area contributed by atoms with Crippen LogP contribution < -0.4 is 5.32 Å². The molecule has 0 spiro atoms. The van der Waals surface area contributed by atoms with Gasteiger partial charge in [0.1, 0.15) is 11.6 Å². The van der Waals surface area contributed by atoms with Crippen LogP contribution in [0.25, 0.3) is 0 Å². The van der Waals surface area contributed by atoms with Gasteiger partial charge < -0.3 is 9.88 Å². The van der Waals surface area contributed by atoms with Crippen molar-refractivity contribution in [1.82, 2.24) is 20.1 Å². The molecule has 1 saturated heterocycles. The second-order valence-corrected chi connectivity index (χ2v) is 5.86. The van der Waals surface area contributed by atoms with Crippen molar-refractivity contribution in [2.24, 2.45) is 0 Å². The van der Waals surface area contributed by atoms with Crippen molar-refractivity contribution in [2.75, 3.05) is 13.1 Å². The number of piperidine rings is 1. The van der Waals surface area contributed by atoms with E-state index in [4.69, 9.17) is 0 Å². The van der Waals surface area contributed by atoms with Gasteiger partial charge >= 0.3 is 0 Å². The van der Waals surface area contributed by atoms with Crippen molar-refractivity contribution in [3.63, 3.8) is 0 Å². The Labute approximate surface area is 109 Å². The zero-order chi connectivity index (χ0) is 12.4. The fourth-order valence-electron chi connectivity index (χ4n) is 3.66. The Morgan fingerprint density at radius 1 is 1.28 bits per heavy atom. The fraction of sp³-hybridized carbons (Fsp3) is 0.857. The Morgan fingerprint density at radius 3 is 3.00 bits per heavy atom. The van der Waals surface area contributed by atoms with Gasteiger partial charge in [-0.2, -0.15) is 0 Å². The topological polar surface area (TPSA) is 42.7 Å². The van der Waals surface area contributed by atoms with Crippen molar-refractivity contribution in [3.05, 3.63) is 11.6 Å². The highest BCUT2D eigenvalue weighted by Crippen LogP contribution is 2.35. The van der Waals surface area contributed by atoms with E-state index < -0.39 is 0 Å². The maximum Gasteiger partial charge on any atom is 0.140 e. The Kier molecular flexibility index (Phi) is 3.37. The first-order chi connectivity index (χ1) is 8.86. The van der Waals surface area contributed by atoms with Crippen LogP contribution in [0.4, 0.5) is 0 Å². The van der Waals surface area contributed by atoms with Crippen molar-refractivity contribution < 1.29 is 0 Å². The molecular formula is C14H24N4. The highest BCUT2D eigenvalue weighted by molar-refractivity contribution is 5.14. The van der Waals surface area contributed by atoms with Crippen LogP contribution in [0.15, 0.2) is 0 Å². The zero-order valence-electron chi connectivity index (χ0n) is 11.4. The summed E-state index contributed by atoms with van der Waals surface area (Å²) in [5.41, 5.74) is 0.246. The van der Waals surface area contributed by atoms with E-state index in [2.05, 4.69) is 27.0 Å². The molecule has 0 aromatic carbocycles. The number of fused-ring (bicyclic) bond motifs is 1. The molecule has 1 N–H and O–H groups in total. The highest BCUT2D eigenvalue weighted by Gasteiger charge is 2.38. The SMILES string of the molecule is CCCC1(c2nnc3n2CCCC3)CCCNC1. The predicted octanol–water partition coefficient (Wildman–Crippen LogP) is 2.04. The lowest BCUT2D eigenvalue weighted by molar-refractivity contribution is 0.263. The monoisotopic (exact) mass is 248 g/mol. The number of hydrogen-bond acceptors (Lipinski definition) is 3. The molecule has 0 aliphatic carbocycles. The van der Waals surface area contributed by atoms with E-state index in [1.54, 1.807) is 0 Å². The van der Waals surface area contributed by atoms with Crippen molar-refractivity contribution in [2.45, 2.75) is 63.8 Å². The Morgan fingerprint density at radius 2 is 2.22 bits per heavy atom. The number of aromatic nitrogens is 3. The Hall–Kier alpha value is -0.900. The minimum atomic E-state index is 0.246. The summed E-state index contributed by atoms with van der Waals surface area (Å²) in [6.07, 6.45) is 8.67. The molecule has 1 aromatic rings. The van der Waals surface area contributed by atoms with Gasteiger partial charge in [-0.15, -0.1) is 10.2 Å². The number of nitrogens with zero attached hydrogens (tertiary/aromatic N) is 3. The maximum absolute atomic E-state index is 4.59. The molecule has 3 heterocycles. The lowest BCUT2D eigenvalue weighted by atomic mass is 9.76. The lowest BCUT2D eigenvalue weighted by Gasteiger charge is -2.37. The molecule has 18 heavy (non-hydrogen) atoms. The van der Waals surface area contributed by atoms with E-state index in [0.29, 0.717) is 0 Å². The van der Waals surface area contributed by atoms with Crippen LogP contribution in [0.1, 0.15) is 57.1 Å². The van der Waals surface area contributed by atoms with E-state index in [0.717, 1.165) is 26.1 Å². The summed E-state index contributed by atoms with van der Waals surface area (Å²) >= 11 is 0. The summed E-state index contributed by atoms with van der Waals surface area (Å²) in [7, 11) is 0. The van der Waals surface area contributed by atoms with Gasteiger partial charge in [-0.05, 0) is 38.6 Å². The average molecular weight is 248 g/mol. The standard InChI is InChI=1S/C14H24N4/c1-2-7-14(8-5-9-15-11-14)13-17-16-12-6-3-4-10-18(12)13/h15H,2-11H2,1H3. The molecule has 1 aromatic heterocycles. The second-order valence-electron chi connectivity index (χ2n) is 5.86. The van der Waals surface area contributed by atoms with Gasteiger partial charge in [0.05, 0.1) is 0 Å². The van der Waals surface area contributed by atoms with Gasteiger partial charge in [0, 0.05) is 24.9 Å². The normalized spacial score (nSPS) is 28.1. The molecule has 0 radical (unpaired) electrons. The zero-order valence-corrected chi connectivity index (χ0v) is 11.4. The van der Waals surface area contributed by atoms with Gasteiger partial charge in [0.15, 0.2) is 0 Å². The summed E-state index contributed by atoms with van der Waals surface area (Å²) in [6.45, 7) is 5.65. The molecule has 2 aliphatic rings. The molecule has 4 heteroatoms. The molecule has 0 bridgehead atoms.